The minimum atomic E-state index is -5.35. The number of carbonyl (C=O) groups excluding carboxylic acids is 2. The van der Waals surface area contributed by atoms with Crippen LogP contribution in [0.3, 0.4) is 0 Å². The topological polar surface area (TPSA) is 49.4 Å². The van der Waals surface area contributed by atoms with Crippen LogP contribution in [-0.2, 0) is 11.0 Å². The average molecular weight is 611 g/mol. The molecular formula is C24H18ClF11N2O2. The second-order valence-electron chi connectivity index (χ2n) is 8.49. The van der Waals surface area contributed by atoms with Gasteiger partial charge in [-0.15, -0.1) is 0 Å². The van der Waals surface area contributed by atoms with Crippen molar-refractivity contribution >= 4 is 29.6 Å². The molecule has 0 radical (unpaired) electrons. The zero-order valence-corrected chi connectivity index (χ0v) is 20.7. The number of halogens is 12. The van der Waals surface area contributed by atoms with Gasteiger partial charge >= 0.3 is 18.5 Å². The molecule has 220 valence electrons. The Bertz CT molecular complexity index is 1260. The number of carbonyl (C=O) groups is 2. The molecule has 0 bridgehead atoms. The summed E-state index contributed by atoms with van der Waals surface area (Å²) in [4.78, 5) is 24.3. The molecule has 0 saturated carbocycles. The van der Waals surface area contributed by atoms with Gasteiger partial charge in [0.1, 0.15) is 23.8 Å². The highest BCUT2D eigenvalue weighted by Crippen LogP contribution is 2.40. The Hall–Kier alpha value is -3.20. The summed E-state index contributed by atoms with van der Waals surface area (Å²) in [6.07, 6.45) is -15.3. The van der Waals surface area contributed by atoms with Crippen LogP contribution in [-0.4, -0.2) is 55.6 Å². The van der Waals surface area contributed by atoms with E-state index in [2.05, 4.69) is 0 Å². The Labute approximate surface area is 224 Å². The Morgan fingerprint density at radius 1 is 1.02 bits per heavy atom. The fraction of sp³-hybridized carbons (Fsp3) is 0.333. The summed E-state index contributed by atoms with van der Waals surface area (Å²) in [6.45, 7) is -2.22. The lowest BCUT2D eigenvalue weighted by Gasteiger charge is -2.23. The first-order valence-corrected chi connectivity index (χ1v) is 11.2. The van der Waals surface area contributed by atoms with Crippen molar-refractivity contribution in [2.75, 3.05) is 20.1 Å². The molecule has 1 amide bonds. The van der Waals surface area contributed by atoms with Crippen LogP contribution in [0.5, 0.6) is 0 Å². The lowest BCUT2D eigenvalue weighted by Crippen LogP contribution is -2.46. The van der Waals surface area contributed by atoms with E-state index in [-0.39, 0.29) is 18.4 Å². The predicted molar refractivity (Wildman–Crippen MR) is 122 cm³/mol. The maximum absolute atomic E-state index is 14.9. The molecule has 2 aromatic rings. The van der Waals surface area contributed by atoms with Gasteiger partial charge in [-0.2, -0.15) is 39.5 Å². The van der Waals surface area contributed by atoms with Gasteiger partial charge in [0.2, 0.25) is 0 Å². The second kappa shape index (κ2) is 12.5. The molecule has 40 heavy (non-hydrogen) atoms. The van der Waals surface area contributed by atoms with Gasteiger partial charge in [-0.25, -0.2) is 8.78 Å². The number of hydrogen-bond donors (Lipinski definition) is 1. The molecule has 0 fully saturated rings. The van der Waals surface area contributed by atoms with Gasteiger partial charge in [0.15, 0.2) is 0 Å². The first kappa shape index (κ1) is 33.0. The van der Waals surface area contributed by atoms with E-state index in [0.29, 0.717) is 35.2 Å². The van der Waals surface area contributed by atoms with Gasteiger partial charge in [0.05, 0.1) is 28.7 Å². The summed E-state index contributed by atoms with van der Waals surface area (Å²) < 4.78 is 148. The van der Waals surface area contributed by atoms with Crippen molar-refractivity contribution in [3.05, 3.63) is 75.6 Å². The lowest BCUT2D eigenvalue weighted by atomic mass is 9.95. The molecule has 0 saturated heterocycles. The van der Waals surface area contributed by atoms with E-state index < -0.39 is 88.4 Å². The molecule has 0 aliphatic heterocycles. The zero-order chi connectivity index (χ0) is 30.6. The van der Waals surface area contributed by atoms with Crippen LogP contribution >= 0.6 is 11.6 Å². The average Bonchev–Trinajstić information content (AvgIpc) is 2.80. The molecule has 4 nitrogen and oxygen atoms in total. The first-order chi connectivity index (χ1) is 18.2. The van der Waals surface area contributed by atoms with E-state index >= 15 is 0 Å². The van der Waals surface area contributed by atoms with E-state index in [4.69, 9.17) is 11.6 Å². The maximum atomic E-state index is 14.9. The minimum Gasteiger partial charge on any atom is -0.341 e. The number of allylic oxidation sites excluding steroid dienone is 1. The molecule has 2 rings (SSSR count). The summed E-state index contributed by atoms with van der Waals surface area (Å²) >= 11 is 5.49. The van der Waals surface area contributed by atoms with Crippen LogP contribution in [0.15, 0.2) is 42.5 Å². The molecule has 2 unspecified atom stereocenters. The van der Waals surface area contributed by atoms with Crippen molar-refractivity contribution in [3.8, 4) is 0 Å². The molecule has 0 aliphatic carbocycles. The van der Waals surface area contributed by atoms with Crippen molar-refractivity contribution in [2.24, 2.45) is 0 Å². The van der Waals surface area contributed by atoms with Gasteiger partial charge < -0.3 is 10.1 Å². The Balaban J connectivity index is 2.43. The lowest BCUT2D eigenvalue weighted by molar-refractivity contribution is -0.144. The Morgan fingerprint density at radius 2 is 1.65 bits per heavy atom. The molecular weight excluding hydrogens is 593 g/mol. The summed E-state index contributed by atoms with van der Waals surface area (Å²) in [5, 5.41) is 1.11. The van der Waals surface area contributed by atoms with Gasteiger partial charge in [-0.05, 0) is 43.0 Å². The normalized spacial score (nSPS) is 14.7. The van der Waals surface area contributed by atoms with E-state index in [1.165, 1.54) is 0 Å². The first-order valence-electron chi connectivity index (χ1n) is 10.8. The zero-order valence-electron chi connectivity index (χ0n) is 20.0. The Morgan fingerprint density at radius 3 is 2.15 bits per heavy atom. The quantitative estimate of drug-likeness (QED) is 0.247. The highest BCUT2D eigenvalue weighted by atomic mass is 35.5. The molecule has 16 heteroatoms. The molecule has 2 atom stereocenters. The number of nitrogens with one attached hydrogen (secondary N) is 1. The maximum Gasteiger partial charge on any atom is 0.417 e. The number of likely N-dealkylation sites (N-methyl/N-ethyl adjacent to an activating group) is 1. The van der Waals surface area contributed by atoms with E-state index in [1.807, 2.05) is 5.32 Å². The van der Waals surface area contributed by atoms with Crippen molar-refractivity contribution < 1.29 is 57.9 Å². The van der Waals surface area contributed by atoms with Gasteiger partial charge in [0, 0.05) is 12.1 Å². The number of aldehydes is 1. The van der Waals surface area contributed by atoms with Gasteiger partial charge in [0.25, 0.3) is 5.91 Å². The van der Waals surface area contributed by atoms with Crippen molar-refractivity contribution in [3.63, 3.8) is 0 Å². The van der Waals surface area contributed by atoms with Crippen LogP contribution in [0.1, 0.15) is 33.0 Å². The fourth-order valence-corrected chi connectivity index (χ4v) is 3.72. The third kappa shape index (κ3) is 9.18. The number of alkyl halides is 9. The number of nitrogens with zero attached hydrogens (tertiary/aromatic N) is 1. The van der Waals surface area contributed by atoms with Crippen molar-refractivity contribution in [2.45, 2.75) is 30.5 Å². The van der Waals surface area contributed by atoms with Gasteiger partial charge in [-0.1, -0.05) is 23.7 Å². The van der Waals surface area contributed by atoms with E-state index in [9.17, 15) is 57.9 Å². The third-order valence-corrected chi connectivity index (χ3v) is 5.54. The highest BCUT2D eigenvalue weighted by molar-refractivity contribution is 6.30. The van der Waals surface area contributed by atoms with Crippen LogP contribution < -0.4 is 5.32 Å². The third-order valence-electron chi connectivity index (χ3n) is 5.25. The number of rotatable bonds is 9. The van der Waals surface area contributed by atoms with Crippen LogP contribution in [0, 0.1) is 5.82 Å². The van der Waals surface area contributed by atoms with Gasteiger partial charge in [-0.3, -0.25) is 9.69 Å². The summed E-state index contributed by atoms with van der Waals surface area (Å²) in [5.41, 5.74) is -4.69. The molecule has 2 aromatic carbocycles. The highest BCUT2D eigenvalue weighted by Gasteiger charge is 2.41. The summed E-state index contributed by atoms with van der Waals surface area (Å²) in [7, 11) is 0.940. The molecule has 0 spiro atoms. The monoisotopic (exact) mass is 610 g/mol. The SMILES string of the molecule is CN(CC(C=O)NC(=O)c1ccc(/C(F)=C/C(c2ccc(F)c(Cl)c2)C(F)(F)F)cc1C(F)(F)F)CC(F)(F)F. The smallest absolute Gasteiger partial charge is 0.341 e. The molecule has 0 aromatic heterocycles. The molecule has 1 N–H and O–H groups in total. The summed E-state index contributed by atoms with van der Waals surface area (Å²) in [5.74, 6) is -7.15. The van der Waals surface area contributed by atoms with Crippen LogP contribution in [0.25, 0.3) is 5.83 Å². The number of hydrogen-bond acceptors (Lipinski definition) is 3. The number of benzene rings is 2. The van der Waals surface area contributed by atoms with E-state index in [0.717, 1.165) is 7.05 Å². The fourth-order valence-electron chi connectivity index (χ4n) is 3.53. The number of amides is 1. The summed E-state index contributed by atoms with van der Waals surface area (Å²) in [6, 6.07) is 1.19. The molecule has 0 aliphatic rings. The predicted octanol–water partition coefficient (Wildman–Crippen LogP) is 6.95. The largest absolute Gasteiger partial charge is 0.417 e. The van der Waals surface area contributed by atoms with E-state index in [1.54, 1.807) is 0 Å². The van der Waals surface area contributed by atoms with Crippen molar-refractivity contribution in [1.82, 2.24) is 10.2 Å². The standard InChI is InChI=1S/C24H18ClF11N2O2/c1-38(11-22(28,29)30)9-14(10-39)37-21(40)15-4-2-13(6-17(15)24(34,35)36)20(27)8-16(23(31,32)33)12-3-5-19(26)18(25)7-12/h2-8,10,14,16H,9,11H2,1H3,(H,37,40)/b20-8-. The molecule has 0 heterocycles. The minimum absolute atomic E-state index is 0.00616. The second-order valence-corrected chi connectivity index (χ2v) is 8.90. The Kier molecular flexibility index (Phi) is 10.3. The van der Waals surface area contributed by atoms with Crippen molar-refractivity contribution in [1.29, 1.82) is 0 Å². The van der Waals surface area contributed by atoms with Crippen LogP contribution in [0.4, 0.5) is 48.3 Å². The van der Waals surface area contributed by atoms with Crippen LogP contribution in [0.2, 0.25) is 5.02 Å².